The summed E-state index contributed by atoms with van der Waals surface area (Å²) in [6, 6.07) is 2.73. The van der Waals surface area contributed by atoms with Crippen LogP contribution in [0.1, 0.15) is 24.2 Å². The number of aryl methyl sites for hydroxylation is 1. The minimum Gasteiger partial charge on any atom is -0.467 e. The van der Waals surface area contributed by atoms with Crippen LogP contribution in [0.4, 0.5) is 0 Å². The van der Waals surface area contributed by atoms with Crippen molar-refractivity contribution < 1.29 is 4.42 Å². The molecule has 1 aromatic rings. The average molecular weight is 247 g/mol. The van der Waals surface area contributed by atoms with Crippen LogP contribution in [-0.2, 0) is 6.54 Å². The van der Waals surface area contributed by atoms with Crippen molar-refractivity contribution in [3.8, 4) is 0 Å². The normalized spacial score (nSPS) is 20.9. The minimum atomic E-state index is 0.699. The number of nitrogens with zero attached hydrogens (tertiary/aromatic N) is 2. The third-order valence-electron chi connectivity index (χ3n) is 3.91. The SMILES string of the molecule is Cc1ccoc1CN1C=CN(C2CCNCC2)C1. The zero-order valence-corrected chi connectivity index (χ0v) is 10.9. The zero-order valence-electron chi connectivity index (χ0n) is 10.9. The highest BCUT2D eigenvalue weighted by Gasteiger charge is 2.23. The summed E-state index contributed by atoms with van der Waals surface area (Å²) in [7, 11) is 0. The smallest absolute Gasteiger partial charge is 0.125 e. The molecule has 98 valence electrons. The monoisotopic (exact) mass is 247 g/mol. The fraction of sp³-hybridized carbons (Fsp3) is 0.571. The Kier molecular flexibility index (Phi) is 3.28. The molecule has 4 nitrogen and oxygen atoms in total. The summed E-state index contributed by atoms with van der Waals surface area (Å²) < 4.78 is 5.50. The predicted molar refractivity (Wildman–Crippen MR) is 70.7 cm³/mol. The molecule has 4 heteroatoms. The maximum Gasteiger partial charge on any atom is 0.125 e. The van der Waals surface area contributed by atoms with Gasteiger partial charge in [-0.1, -0.05) is 0 Å². The molecule has 18 heavy (non-hydrogen) atoms. The fourth-order valence-electron chi connectivity index (χ4n) is 2.71. The molecule has 0 saturated carbocycles. The summed E-state index contributed by atoms with van der Waals surface area (Å²) in [4.78, 5) is 4.77. The first-order valence-corrected chi connectivity index (χ1v) is 6.75. The summed E-state index contributed by atoms with van der Waals surface area (Å²) in [5, 5.41) is 3.41. The summed E-state index contributed by atoms with van der Waals surface area (Å²) in [6.45, 7) is 6.25. The van der Waals surface area contributed by atoms with Gasteiger partial charge in [0.05, 0.1) is 19.5 Å². The molecule has 2 aliphatic heterocycles. The number of rotatable bonds is 3. The lowest BCUT2D eigenvalue weighted by molar-refractivity contribution is 0.173. The first kappa shape index (κ1) is 11.7. The van der Waals surface area contributed by atoms with E-state index in [-0.39, 0.29) is 0 Å². The topological polar surface area (TPSA) is 31.7 Å². The zero-order chi connectivity index (χ0) is 12.4. The van der Waals surface area contributed by atoms with Gasteiger partial charge in [0.25, 0.3) is 0 Å². The lowest BCUT2D eigenvalue weighted by Gasteiger charge is -2.32. The Bertz CT molecular complexity index is 420. The van der Waals surface area contributed by atoms with E-state index < -0.39 is 0 Å². The van der Waals surface area contributed by atoms with E-state index >= 15 is 0 Å². The Balaban J connectivity index is 1.56. The first-order chi connectivity index (χ1) is 8.83. The van der Waals surface area contributed by atoms with E-state index in [4.69, 9.17) is 4.42 Å². The van der Waals surface area contributed by atoms with Crippen molar-refractivity contribution in [2.24, 2.45) is 0 Å². The Morgan fingerprint density at radius 2 is 2.17 bits per heavy atom. The van der Waals surface area contributed by atoms with E-state index in [2.05, 4.69) is 34.4 Å². The minimum absolute atomic E-state index is 0.699. The van der Waals surface area contributed by atoms with Crippen LogP contribution in [0.2, 0.25) is 0 Å². The molecule has 0 unspecified atom stereocenters. The highest BCUT2D eigenvalue weighted by atomic mass is 16.3. The van der Waals surface area contributed by atoms with Crippen LogP contribution in [-0.4, -0.2) is 35.6 Å². The van der Waals surface area contributed by atoms with Crippen molar-refractivity contribution in [3.63, 3.8) is 0 Å². The van der Waals surface area contributed by atoms with Crippen molar-refractivity contribution in [3.05, 3.63) is 36.1 Å². The van der Waals surface area contributed by atoms with E-state index in [9.17, 15) is 0 Å². The molecule has 0 atom stereocenters. The summed E-state index contributed by atoms with van der Waals surface area (Å²) >= 11 is 0. The highest BCUT2D eigenvalue weighted by molar-refractivity contribution is 5.15. The van der Waals surface area contributed by atoms with Crippen LogP contribution in [0.25, 0.3) is 0 Å². The maximum atomic E-state index is 5.50. The van der Waals surface area contributed by atoms with Gasteiger partial charge in [-0.2, -0.15) is 0 Å². The van der Waals surface area contributed by atoms with Gasteiger partial charge in [-0.3, -0.25) is 0 Å². The molecule has 1 saturated heterocycles. The molecule has 0 amide bonds. The lowest BCUT2D eigenvalue weighted by Crippen LogP contribution is -2.41. The van der Waals surface area contributed by atoms with Gasteiger partial charge in [0.1, 0.15) is 5.76 Å². The van der Waals surface area contributed by atoms with E-state index in [1.165, 1.54) is 18.4 Å². The maximum absolute atomic E-state index is 5.50. The predicted octanol–water partition coefficient (Wildman–Crippen LogP) is 1.89. The molecular formula is C14H21N3O. The number of nitrogens with one attached hydrogen (secondary N) is 1. The van der Waals surface area contributed by atoms with Gasteiger partial charge in [0.2, 0.25) is 0 Å². The second kappa shape index (κ2) is 5.06. The van der Waals surface area contributed by atoms with E-state index in [1.54, 1.807) is 6.26 Å². The van der Waals surface area contributed by atoms with Crippen molar-refractivity contribution in [1.82, 2.24) is 15.1 Å². The Labute approximate surface area is 108 Å². The first-order valence-electron chi connectivity index (χ1n) is 6.75. The third-order valence-corrected chi connectivity index (χ3v) is 3.91. The summed E-state index contributed by atoms with van der Waals surface area (Å²) in [6.07, 6.45) is 8.68. The molecule has 0 spiro atoms. The molecule has 0 bridgehead atoms. The van der Waals surface area contributed by atoms with Gasteiger partial charge in [-0.05, 0) is 44.5 Å². The van der Waals surface area contributed by atoms with Crippen LogP contribution in [0.3, 0.4) is 0 Å². The van der Waals surface area contributed by atoms with Crippen LogP contribution in [0.15, 0.2) is 29.1 Å². The van der Waals surface area contributed by atoms with Gasteiger partial charge in [0, 0.05) is 18.4 Å². The van der Waals surface area contributed by atoms with Crippen LogP contribution in [0.5, 0.6) is 0 Å². The molecule has 1 aromatic heterocycles. The molecule has 2 aliphatic rings. The molecule has 0 aliphatic carbocycles. The van der Waals surface area contributed by atoms with Crippen molar-refractivity contribution in [2.45, 2.75) is 32.4 Å². The second-order valence-corrected chi connectivity index (χ2v) is 5.21. The number of furan rings is 1. The largest absolute Gasteiger partial charge is 0.467 e. The molecule has 0 aromatic carbocycles. The van der Waals surface area contributed by atoms with Crippen LogP contribution < -0.4 is 5.32 Å². The summed E-state index contributed by atoms with van der Waals surface area (Å²) in [5.41, 5.74) is 1.24. The molecule has 1 N–H and O–H groups in total. The van der Waals surface area contributed by atoms with Gasteiger partial charge in [-0.15, -0.1) is 0 Å². The molecule has 0 radical (unpaired) electrons. The van der Waals surface area contributed by atoms with Gasteiger partial charge < -0.3 is 19.5 Å². The molecule has 3 heterocycles. The molecule has 3 rings (SSSR count). The fourth-order valence-corrected chi connectivity index (χ4v) is 2.71. The summed E-state index contributed by atoms with van der Waals surface area (Å²) in [5.74, 6) is 1.08. The van der Waals surface area contributed by atoms with E-state index in [1.807, 2.05) is 6.07 Å². The molecule has 1 fully saturated rings. The second-order valence-electron chi connectivity index (χ2n) is 5.21. The standard InChI is InChI=1S/C14H21N3O/c1-12-4-9-18-14(12)10-16-7-8-17(11-16)13-2-5-15-6-3-13/h4,7-9,13,15H,2-3,5-6,10-11H2,1H3. The van der Waals surface area contributed by atoms with Crippen LogP contribution in [0, 0.1) is 6.92 Å². The van der Waals surface area contributed by atoms with E-state index in [0.717, 1.165) is 32.1 Å². The lowest BCUT2D eigenvalue weighted by atomic mass is 10.1. The number of piperidine rings is 1. The van der Waals surface area contributed by atoms with Crippen LogP contribution >= 0.6 is 0 Å². The van der Waals surface area contributed by atoms with Crippen molar-refractivity contribution in [2.75, 3.05) is 19.8 Å². The quantitative estimate of drug-likeness (QED) is 0.884. The van der Waals surface area contributed by atoms with Gasteiger partial charge in [-0.25, -0.2) is 0 Å². The van der Waals surface area contributed by atoms with Gasteiger partial charge in [0.15, 0.2) is 0 Å². The highest BCUT2D eigenvalue weighted by Crippen LogP contribution is 2.20. The van der Waals surface area contributed by atoms with Gasteiger partial charge >= 0.3 is 0 Å². The number of hydrogen-bond acceptors (Lipinski definition) is 4. The number of hydrogen-bond donors (Lipinski definition) is 1. The average Bonchev–Trinajstić information content (AvgIpc) is 3.02. The molecular weight excluding hydrogens is 226 g/mol. The van der Waals surface area contributed by atoms with Crippen molar-refractivity contribution >= 4 is 0 Å². The Morgan fingerprint density at radius 1 is 1.33 bits per heavy atom. The van der Waals surface area contributed by atoms with E-state index in [0.29, 0.717) is 6.04 Å². The Morgan fingerprint density at radius 3 is 2.89 bits per heavy atom. The third kappa shape index (κ3) is 2.38. The Hall–Kier alpha value is -1.42. The van der Waals surface area contributed by atoms with Crippen molar-refractivity contribution in [1.29, 1.82) is 0 Å².